The lowest BCUT2D eigenvalue weighted by molar-refractivity contribution is 0.121. The molecule has 0 aliphatic carbocycles. The Kier molecular flexibility index (Phi) is 6.46. The highest BCUT2D eigenvalue weighted by atomic mass is 16.5. The summed E-state index contributed by atoms with van der Waals surface area (Å²) in [6.45, 7) is 1.18. The number of hydrogen-bond donors (Lipinski definition) is 1. The largest absolute Gasteiger partial charge is 0.497 e. The van der Waals surface area contributed by atoms with Gasteiger partial charge < -0.3 is 19.3 Å². The SMILES string of the molecule is COc1cccc(CN(C)CC(O)c2cc(OC)ccc2OC)c1. The predicted octanol–water partition coefficient (Wildman–Crippen LogP) is 2.88. The Balaban J connectivity index is 2.06. The van der Waals surface area contributed by atoms with Crippen molar-refractivity contribution in [2.24, 2.45) is 0 Å². The van der Waals surface area contributed by atoms with Crippen LogP contribution >= 0.6 is 0 Å². The zero-order valence-corrected chi connectivity index (χ0v) is 14.7. The molecule has 5 heteroatoms. The third-order valence-corrected chi connectivity index (χ3v) is 3.87. The molecule has 0 bridgehead atoms. The number of likely N-dealkylation sites (N-methyl/N-ethyl adjacent to an activating group) is 1. The minimum absolute atomic E-state index is 0.473. The smallest absolute Gasteiger partial charge is 0.124 e. The number of nitrogens with zero attached hydrogens (tertiary/aromatic N) is 1. The van der Waals surface area contributed by atoms with Crippen LogP contribution in [0.1, 0.15) is 17.2 Å². The van der Waals surface area contributed by atoms with Gasteiger partial charge in [0.15, 0.2) is 0 Å². The molecule has 130 valence electrons. The van der Waals surface area contributed by atoms with E-state index in [4.69, 9.17) is 14.2 Å². The molecule has 1 atom stereocenters. The summed E-state index contributed by atoms with van der Waals surface area (Å²) in [6.07, 6.45) is -0.675. The van der Waals surface area contributed by atoms with Gasteiger partial charge in [0.2, 0.25) is 0 Å². The third kappa shape index (κ3) is 4.63. The van der Waals surface area contributed by atoms with E-state index in [0.29, 0.717) is 30.2 Å². The number of methoxy groups -OCH3 is 3. The second-order valence-corrected chi connectivity index (χ2v) is 5.67. The molecule has 1 N–H and O–H groups in total. The molecule has 0 spiro atoms. The van der Waals surface area contributed by atoms with E-state index in [0.717, 1.165) is 11.3 Å². The molecule has 0 radical (unpaired) electrons. The summed E-state index contributed by atoms with van der Waals surface area (Å²) < 4.78 is 15.8. The van der Waals surface area contributed by atoms with Crippen molar-refractivity contribution in [1.29, 1.82) is 0 Å². The van der Waals surface area contributed by atoms with Gasteiger partial charge in [-0.15, -0.1) is 0 Å². The summed E-state index contributed by atoms with van der Waals surface area (Å²) in [5.74, 6) is 2.18. The summed E-state index contributed by atoms with van der Waals surface area (Å²) in [7, 11) is 6.82. The normalized spacial score (nSPS) is 12.1. The maximum atomic E-state index is 10.6. The first-order valence-electron chi connectivity index (χ1n) is 7.78. The van der Waals surface area contributed by atoms with Crippen molar-refractivity contribution < 1.29 is 19.3 Å². The molecule has 0 saturated heterocycles. The Morgan fingerprint density at radius 2 is 1.67 bits per heavy atom. The van der Waals surface area contributed by atoms with Gasteiger partial charge in [0.05, 0.1) is 27.4 Å². The molecule has 2 aromatic carbocycles. The van der Waals surface area contributed by atoms with Crippen LogP contribution in [0.5, 0.6) is 17.2 Å². The van der Waals surface area contributed by atoms with Crippen molar-refractivity contribution in [2.45, 2.75) is 12.6 Å². The lowest BCUT2D eigenvalue weighted by atomic mass is 10.1. The lowest BCUT2D eigenvalue weighted by Gasteiger charge is -2.22. The average molecular weight is 331 g/mol. The molecule has 0 heterocycles. The van der Waals surface area contributed by atoms with Crippen LogP contribution in [0.25, 0.3) is 0 Å². The first-order chi connectivity index (χ1) is 11.6. The maximum absolute atomic E-state index is 10.6. The number of benzene rings is 2. The number of rotatable bonds is 8. The fourth-order valence-electron chi connectivity index (χ4n) is 2.64. The Morgan fingerprint density at radius 3 is 2.33 bits per heavy atom. The maximum Gasteiger partial charge on any atom is 0.124 e. The molecule has 0 aromatic heterocycles. The van der Waals surface area contributed by atoms with E-state index in [2.05, 4.69) is 4.90 Å². The molecular formula is C19H25NO4. The Bertz CT molecular complexity index is 660. The van der Waals surface area contributed by atoms with Crippen LogP contribution < -0.4 is 14.2 Å². The number of hydrogen-bond acceptors (Lipinski definition) is 5. The zero-order valence-electron chi connectivity index (χ0n) is 14.7. The fourth-order valence-corrected chi connectivity index (χ4v) is 2.64. The predicted molar refractivity (Wildman–Crippen MR) is 93.8 cm³/mol. The van der Waals surface area contributed by atoms with Crippen LogP contribution in [0.2, 0.25) is 0 Å². The molecular weight excluding hydrogens is 306 g/mol. The molecule has 0 amide bonds. The van der Waals surface area contributed by atoms with Crippen LogP contribution in [0, 0.1) is 0 Å². The molecule has 2 aromatic rings. The van der Waals surface area contributed by atoms with Crippen LogP contribution in [0.15, 0.2) is 42.5 Å². The van der Waals surface area contributed by atoms with E-state index < -0.39 is 6.10 Å². The minimum Gasteiger partial charge on any atom is -0.497 e. The van der Waals surface area contributed by atoms with E-state index in [-0.39, 0.29) is 0 Å². The van der Waals surface area contributed by atoms with E-state index in [1.165, 1.54) is 0 Å². The highest BCUT2D eigenvalue weighted by Crippen LogP contribution is 2.30. The Hall–Kier alpha value is -2.24. The molecule has 1 unspecified atom stereocenters. The van der Waals surface area contributed by atoms with Crippen molar-refractivity contribution in [2.75, 3.05) is 34.9 Å². The summed E-state index contributed by atoms with van der Waals surface area (Å²) in [4.78, 5) is 2.05. The van der Waals surface area contributed by atoms with Gasteiger partial charge in [0.1, 0.15) is 17.2 Å². The first kappa shape index (κ1) is 18.1. The average Bonchev–Trinajstić information content (AvgIpc) is 2.61. The molecule has 2 rings (SSSR count). The first-order valence-corrected chi connectivity index (χ1v) is 7.78. The van der Waals surface area contributed by atoms with Crippen LogP contribution in [0.4, 0.5) is 0 Å². The molecule has 0 aliphatic heterocycles. The van der Waals surface area contributed by atoms with Gasteiger partial charge in [-0.1, -0.05) is 12.1 Å². The number of ether oxygens (including phenoxy) is 3. The van der Waals surface area contributed by atoms with Crippen molar-refractivity contribution >= 4 is 0 Å². The van der Waals surface area contributed by atoms with Crippen LogP contribution in [-0.4, -0.2) is 44.9 Å². The summed E-state index contributed by atoms with van der Waals surface area (Å²) >= 11 is 0. The van der Waals surface area contributed by atoms with Gasteiger partial charge in [-0.2, -0.15) is 0 Å². The van der Waals surface area contributed by atoms with Crippen molar-refractivity contribution in [3.8, 4) is 17.2 Å². The van der Waals surface area contributed by atoms with E-state index in [1.807, 2.05) is 43.4 Å². The molecule has 0 saturated carbocycles. The Labute approximate surface area is 143 Å². The Morgan fingerprint density at radius 1 is 0.958 bits per heavy atom. The number of aliphatic hydroxyl groups excluding tert-OH is 1. The minimum atomic E-state index is -0.675. The topological polar surface area (TPSA) is 51.2 Å². The van der Waals surface area contributed by atoms with Gasteiger partial charge in [0.25, 0.3) is 0 Å². The third-order valence-electron chi connectivity index (χ3n) is 3.87. The zero-order chi connectivity index (χ0) is 17.5. The summed E-state index contributed by atoms with van der Waals surface area (Å²) in [5.41, 5.74) is 1.84. The van der Waals surface area contributed by atoms with E-state index in [9.17, 15) is 5.11 Å². The molecule has 0 fully saturated rings. The van der Waals surface area contributed by atoms with Gasteiger partial charge >= 0.3 is 0 Å². The van der Waals surface area contributed by atoms with Crippen LogP contribution in [-0.2, 0) is 6.54 Å². The van der Waals surface area contributed by atoms with Gasteiger partial charge in [-0.3, -0.25) is 4.90 Å². The van der Waals surface area contributed by atoms with Gasteiger partial charge in [-0.05, 0) is 42.9 Å². The molecule has 5 nitrogen and oxygen atoms in total. The summed E-state index contributed by atoms with van der Waals surface area (Å²) in [5, 5.41) is 10.6. The lowest BCUT2D eigenvalue weighted by Crippen LogP contribution is -2.24. The van der Waals surface area contributed by atoms with E-state index in [1.54, 1.807) is 27.4 Å². The van der Waals surface area contributed by atoms with Crippen molar-refractivity contribution in [3.05, 3.63) is 53.6 Å². The fraction of sp³-hybridized carbons (Fsp3) is 0.368. The second kappa shape index (κ2) is 8.57. The van der Waals surface area contributed by atoms with E-state index >= 15 is 0 Å². The molecule has 0 aliphatic rings. The van der Waals surface area contributed by atoms with Gasteiger partial charge in [0, 0.05) is 18.7 Å². The van der Waals surface area contributed by atoms with Crippen molar-refractivity contribution in [1.82, 2.24) is 4.90 Å². The number of aliphatic hydroxyl groups is 1. The highest BCUT2D eigenvalue weighted by Gasteiger charge is 2.17. The van der Waals surface area contributed by atoms with Crippen molar-refractivity contribution in [3.63, 3.8) is 0 Å². The molecule has 24 heavy (non-hydrogen) atoms. The monoisotopic (exact) mass is 331 g/mol. The standard InChI is InChI=1S/C19H25NO4/c1-20(12-14-6-5-7-15(10-14)22-2)13-18(21)17-11-16(23-3)8-9-19(17)24-4/h5-11,18,21H,12-13H2,1-4H3. The quantitative estimate of drug-likeness (QED) is 0.806. The van der Waals surface area contributed by atoms with Crippen LogP contribution in [0.3, 0.4) is 0 Å². The highest BCUT2D eigenvalue weighted by molar-refractivity contribution is 5.41. The van der Waals surface area contributed by atoms with Gasteiger partial charge in [-0.25, -0.2) is 0 Å². The second-order valence-electron chi connectivity index (χ2n) is 5.67. The summed E-state index contributed by atoms with van der Waals surface area (Å²) in [6, 6.07) is 13.3.